The maximum absolute atomic E-state index is 13.1. The molecule has 0 aromatic rings. The summed E-state index contributed by atoms with van der Waals surface area (Å²) in [6, 6.07) is 0. The van der Waals surface area contributed by atoms with Gasteiger partial charge in [0.25, 0.3) is 0 Å². The minimum absolute atomic E-state index is 0.00913. The average molecular weight is 415 g/mol. The Kier molecular flexibility index (Phi) is 5.83. The summed E-state index contributed by atoms with van der Waals surface area (Å²) in [5.74, 6) is 3.42. The molecule has 0 unspecified atom stereocenters. The second kappa shape index (κ2) is 7.75. The summed E-state index contributed by atoms with van der Waals surface area (Å²) in [5.41, 5.74) is 2.78. The molecule has 0 aliphatic heterocycles. The van der Waals surface area contributed by atoms with E-state index in [9.17, 15) is 9.90 Å². The second-order valence-electron chi connectivity index (χ2n) is 12.7. The van der Waals surface area contributed by atoms with E-state index in [0.717, 1.165) is 42.9 Å². The lowest BCUT2D eigenvalue weighted by atomic mass is 9.49. The van der Waals surface area contributed by atoms with Crippen molar-refractivity contribution in [1.82, 2.24) is 0 Å². The van der Waals surface area contributed by atoms with E-state index in [1.165, 1.54) is 44.9 Å². The third kappa shape index (κ3) is 3.44. The Balaban J connectivity index is 1.56. The first-order chi connectivity index (χ1) is 14.0. The molecule has 0 bridgehead atoms. The Labute approximate surface area is 185 Å². The lowest BCUT2D eigenvalue weighted by molar-refractivity contribution is -0.152. The van der Waals surface area contributed by atoms with Gasteiger partial charge >= 0.3 is 0 Å². The van der Waals surface area contributed by atoms with Gasteiger partial charge in [0.1, 0.15) is 5.60 Å². The van der Waals surface area contributed by atoms with Gasteiger partial charge in [0.2, 0.25) is 0 Å². The molecule has 2 fully saturated rings. The van der Waals surface area contributed by atoms with E-state index in [1.54, 1.807) is 18.1 Å². The molecule has 2 heteroatoms. The zero-order chi connectivity index (χ0) is 21.9. The molecule has 7 atom stereocenters. The van der Waals surface area contributed by atoms with E-state index in [2.05, 4.69) is 34.6 Å². The zero-order valence-corrected chi connectivity index (χ0v) is 20.5. The predicted molar refractivity (Wildman–Crippen MR) is 124 cm³/mol. The van der Waals surface area contributed by atoms with Crippen LogP contribution in [0.1, 0.15) is 112 Å². The molecule has 0 saturated heterocycles. The van der Waals surface area contributed by atoms with Crippen molar-refractivity contribution in [2.45, 2.75) is 118 Å². The molecule has 4 aliphatic carbocycles. The number of hydrogen-bond donors (Lipinski definition) is 1. The third-order valence-corrected chi connectivity index (χ3v) is 10.4. The summed E-state index contributed by atoms with van der Waals surface area (Å²) < 4.78 is 0. The second-order valence-corrected chi connectivity index (χ2v) is 12.7. The van der Waals surface area contributed by atoms with Crippen LogP contribution in [0.5, 0.6) is 0 Å². The van der Waals surface area contributed by atoms with Gasteiger partial charge in [-0.15, -0.1) is 0 Å². The van der Waals surface area contributed by atoms with Crippen LogP contribution in [0, 0.1) is 40.4 Å². The van der Waals surface area contributed by atoms with Crippen molar-refractivity contribution < 1.29 is 9.90 Å². The molecule has 30 heavy (non-hydrogen) atoms. The molecule has 1 N–H and O–H groups in total. The highest BCUT2D eigenvalue weighted by atomic mass is 16.3. The van der Waals surface area contributed by atoms with Crippen LogP contribution in [0.25, 0.3) is 0 Å². The normalized spacial score (nSPS) is 44.7. The Bertz CT molecular complexity index is 716. The molecule has 0 aromatic carbocycles. The van der Waals surface area contributed by atoms with Crippen LogP contribution in [0.4, 0.5) is 0 Å². The van der Waals surface area contributed by atoms with Gasteiger partial charge in [0.05, 0.1) is 0 Å². The molecule has 0 heterocycles. The van der Waals surface area contributed by atoms with Crippen LogP contribution < -0.4 is 0 Å². The monoisotopic (exact) mass is 414 g/mol. The highest BCUT2D eigenvalue weighted by molar-refractivity contribution is 5.91. The van der Waals surface area contributed by atoms with Crippen LogP contribution in [-0.4, -0.2) is 16.5 Å². The number of ketones is 1. The molecule has 2 saturated carbocycles. The zero-order valence-electron chi connectivity index (χ0n) is 20.5. The fourth-order valence-electron chi connectivity index (χ4n) is 8.50. The minimum atomic E-state index is -1.10. The van der Waals surface area contributed by atoms with Gasteiger partial charge < -0.3 is 5.11 Å². The highest BCUT2D eigenvalue weighted by Crippen LogP contribution is 2.66. The molecule has 0 amide bonds. The van der Waals surface area contributed by atoms with E-state index in [-0.39, 0.29) is 17.1 Å². The van der Waals surface area contributed by atoms with Crippen molar-refractivity contribution in [3.63, 3.8) is 0 Å². The van der Waals surface area contributed by atoms with E-state index in [0.29, 0.717) is 11.8 Å². The average Bonchev–Trinajstić information content (AvgIpc) is 3.02. The minimum Gasteiger partial charge on any atom is -0.382 e. The van der Waals surface area contributed by atoms with Crippen molar-refractivity contribution >= 4 is 5.78 Å². The first-order valence-corrected chi connectivity index (χ1v) is 13.0. The van der Waals surface area contributed by atoms with Crippen LogP contribution in [0.2, 0.25) is 0 Å². The van der Waals surface area contributed by atoms with Gasteiger partial charge in [-0.2, -0.15) is 0 Å². The number of aliphatic hydroxyl groups is 1. The van der Waals surface area contributed by atoms with Gasteiger partial charge in [-0.25, -0.2) is 0 Å². The molecule has 170 valence electrons. The van der Waals surface area contributed by atoms with Crippen LogP contribution >= 0.6 is 0 Å². The van der Waals surface area contributed by atoms with Gasteiger partial charge in [0.15, 0.2) is 5.78 Å². The maximum atomic E-state index is 13.1. The molecular formula is C28H46O2. The number of Topliss-reactive ketones (excluding diaryl/α,β-unsaturated/α-hetero) is 1. The lowest BCUT2D eigenvalue weighted by Gasteiger charge is -2.55. The molecule has 2 nitrogen and oxygen atoms in total. The Morgan fingerprint density at radius 2 is 1.67 bits per heavy atom. The van der Waals surface area contributed by atoms with E-state index < -0.39 is 5.60 Å². The number of fused-ring (bicyclic) bond motifs is 4. The molecule has 0 spiro atoms. The Hall–Kier alpha value is -0.630. The van der Waals surface area contributed by atoms with Crippen molar-refractivity contribution in [1.29, 1.82) is 0 Å². The van der Waals surface area contributed by atoms with Crippen molar-refractivity contribution in [3.8, 4) is 0 Å². The van der Waals surface area contributed by atoms with Crippen LogP contribution in [-0.2, 0) is 4.79 Å². The fourth-order valence-corrected chi connectivity index (χ4v) is 8.50. The van der Waals surface area contributed by atoms with Crippen LogP contribution in [0.3, 0.4) is 0 Å². The summed E-state index contributed by atoms with van der Waals surface area (Å²) in [7, 11) is 0. The lowest BCUT2D eigenvalue weighted by Crippen LogP contribution is -2.54. The molecule has 0 radical (unpaired) electrons. The standard InChI is InChI=1S/C28H46O2/c1-18(2)8-7-9-19(3)21-12-13-22-20-10-11-24-25(29)28(6,30)17-16-27(24,5)23(20)14-15-26(21,22)4/h18-19,21-22,24,30H,7-17H2,1-6H3/t19-,21-,22+,24-,26-,27-,28+/m1/s1. The number of carbonyl (C=O) groups is 1. The Morgan fingerprint density at radius 1 is 0.933 bits per heavy atom. The highest BCUT2D eigenvalue weighted by Gasteiger charge is 2.58. The van der Waals surface area contributed by atoms with E-state index in [4.69, 9.17) is 0 Å². The maximum Gasteiger partial charge on any atom is 0.167 e. The quantitative estimate of drug-likeness (QED) is 0.487. The Morgan fingerprint density at radius 3 is 2.37 bits per heavy atom. The number of hydrogen-bond acceptors (Lipinski definition) is 2. The number of rotatable bonds is 5. The largest absolute Gasteiger partial charge is 0.382 e. The summed E-state index contributed by atoms with van der Waals surface area (Å²) in [5, 5.41) is 10.6. The van der Waals surface area contributed by atoms with Crippen molar-refractivity contribution in [2.75, 3.05) is 0 Å². The summed E-state index contributed by atoms with van der Waals surface area (Å²) in [4.78, 5) is 13.1. The smallest absolute Gasteiger partial charge is 0.167 e. The van der Waals surface area contributed by atoms with Gasteiger partial charge in [0, 0.05) is 5.92 Å². The van der Waals surface area contributed by atoms with Gasteiger partial charge in [-0.05, 0) is 92.8 Å². The van der Waals surface area contributed by atoms with Crippen molar-refractivity contribution in [2.24, 2.45) is 40.4 Å². The SMILES string of the molecule is CC(C)CCC[C@@H](C)[C@H]1CC[C@H]2C3=C(CC[C@]12C)[C@@]1(C)CC[C@](C)(O)C(=O)[C@H]1CC3. The molecule has 4 rings (SSSR count). The summed E-state index contributed by atoms with van der Waals surface area (Å²) >= 11 is 0. The van der Waals surface area contributed by atoms with E-state index in [1.807, 2.05) is 0 Å². The topological polar surface area (TPSA) is 37.3 Å². The number of carbonyl (C=O) groups excluding carboxylic acids is 1. The van der Waals surface area contributed by atoms with Crippen LogP contribution in [0.15, 0.2) is 11.1 Å². The predicted octanol–water partition coefficient (Wildman–Crippen LogP) is 7.10. The molecule has 4 aliphatic rings. The molecule has 0 aromatic heterocycles. The summed E-state index contributed by atoms with van der Waals surface area (Å²) in [6.07, 6.45) is 13.1. The van der Waals surface area contributed by atoms with Crippen molar-refractivity contribution in [3.05, 3.63) is 11.1 Å². The first kappa shape index (κ1) is 22.6. The van der Waals surface area contributed by atoms with E-state index >= 15 is 0 Å². The van der Waals surface area contributed by atoms with Gasteiger partial charge in [-0.1, -0.05) is 65.0 Å². The number of allylic oxidation sites excluding steroid dienone is 2. The van der Waals surface area contributed by atoms with Gasteiger partial charge in [-0.3, -0.25) is 4.79 Å². The fraction of sp³-hybridized carbons (Fsp3) is 0.893. The summed E-state index contributed by atoms with van der Waals surface area (Å²) in [6.45, 7) is 14.0. The first-order valence-electron chi connectivity index (χ1n) is 13.0. The molecular weight excluding hydrogens is 368 g/mol. The third-order valence-electron chi connectivity index (χ3n) is 10.4.